The molecule has 5 heteroatoms. The van der Waals surface area contributed by atoms with Gasteiger partial charge in [0.25, 0.3) is 0 Å². The van der Waals surface area contributed by atoms with Crippen molar-refractivity contribution >= 4 is 40.5 Å². The summed E-state index contributed by atoms with van der Waals surface area (Å²) in [5, 5.41) is 4.35. The van der Waals surface area contributed by atoms with E-state index >= 15 is 0 Å². The Kier molecular flexibility index (Phi) is 4.79. The molecule has 1 aliphatic heterocycles. The fraction of sp³-hybridized carbons (Fsp3) is 0.278. The highest BCUT2D eigenvalue weighted by Gasteiger charge is 2.29. The van der Waals surface area contributed by atoms with Gasteiger partial charge >= 0.3 is 0 Å². The number of hydrogen-bond donors (Lipinski definition) is 1. The van der Waals surface area contributed by atoms with E-state index in [1.54, 1.807) is 12.1 Å². The third-order valence-electron chi connectivity index (χ3n) is 4.06. The van der Waals surface area contributed by atoms with Crippen LogP contribution in [0, 0.1) is 0 Å². The van der Waals surface area contributed by atoms with Crippen molar-refractivity contribution < 1.29 is 4.79 Å². The maximum atomic E-state index is 12.6. The molecule has 0 aromatic heterocycles. The Hall–Kier alpha value is -1.71. The van der Waals surface area contributed by atoms with Gasteiger partial charge in [-0.15, -0.1) is 0 Å². The van der Waals surface area contributed by atoms with E-state index < -0.39 is 0 Å². The van der Waals surface area contributed by atoms with Crippen LogP contribution in [-0.2, 0) is 11.2 Å². The van der Waals surface area contributed by atoms with Gasteiger partial charge in [-0.2, -0.15) is 0 Å². The van der Waals surface area contributed by atoms with Crippen LogP contribution in [0.15, 0.2) is 42.5 Å². The first kappa shape index (κ1) is 16.2. The summed E-state index contributed by atoms with van der Waals surface area (Å²) in [6.07, 6.45) is 1.33. The molecule has 2 aromatic carbocycles. The minimum absolute atomic E-state index is 0.125. The lowest BCUT2D eigenvalue weighted by atomic mass is 10.1. The number of carbonyl (C=O) groups excluding carboxylic acids is 1. The van der Waals surface area contributed by atoms with Crippen molar-refractivity contribution in [3.8, 4) is 0 Å². The van der Waals surface area contributed by atoms with Crippen molar-refractivity contribution in [3.05, 3.63) is 58.1 Å². The van der Waals surface area contributed by atoms with E-state index in [2.05, 4.69) is 18.3 Å². The van der Waals surface area contributed by atoms with Crippen molar-refractivity contribution in [2.45, 2.75) is 25.8 Å². The second kappa shape index (κ2) is 6.81. The number of nitrogens with zero attached hydrogens (tertiary/aromatic N) is 1. The van der Waals surface area contributed by atoms with E-state index in [0.717, 1.165) is 17.8 Å². The highest BCUT2D eigenvalue weighted by Crippen LogP contribution is 2.32. The standard InChI is InChI=1S/C18H18Cl2N2O/c1-12-10-13-4-2-3-5-17(13)22(12)18(23)8-9-21-16-7-6-14(19)11-15(16)20/h2-7,11-12,21H,8-10H2,1H3. The zero-order chi connectivity index (χ0) is 16.4. The Morgan fingerprint density at radius 1 is 1.26 bits per heavy atom. The predicted octanol–water partition coefficient (Wildman–Crippen LogP) is 4.77. The Balaban J connectivity index is 1.62. The number of benzene rings is 2. The van der Waals surface area contributed by atoms with Gasteiger partial charge in [-0.05, 0) is 43.2 Å². The molecule has 2 aromatic rings. The van der Waals surface area contributed by atoms with Crippen LogP contribution >= 0.6 is 23.2 Å². The number of anilines is 2. The number of fused-ring (bicyclic) bond motifs is 1. The summed E-state index contributed by atoms with van der Waals surface area (Å²) in [6, 6.07) is 13.6. The van der Waals surface area contributed by atoms with Gasteiger partial charge in [0.15, 0.2) is 0 Å². The van der Waals surface area contributed by atoms with Gasteiger partial charge in [-0.1, -0.05) is 41.4 Å². The summed E-state index contributed by atoms with van der Waals surface area (Å²) in [5.41, 5.74) is 3.07. The number of rotatable bonds is 4. The van der Waals surface area contributed by atoms with Crippen LogP contribution in [0.25, 0.3) is 0 Å². The van der Waals surface area contributed by atoms with Crippen LogP contribution < -0.4 is 10.2 Å². The van der Waals surface area contributed by atoms with E-state index in [1.807, 2.05) is 29.2 Å². The summed E-state index contributed by atoms with van der Waals surface area (Å²) in [6.45, 7) is 2.62. The van der Waals surface area contributed by atoms with Crippen LogP contribution in [0.2, 0.25) is 10.0 Å². The first-order chi connectivity index (χ1) is 11.1. The van der Waals surface area contributed by atoms with E-state index in [1.165, 1.54) is 5.56 Å². The van der Waals surface area contributed by atoms with Crippen molar-refractivity contribution in [1.29, 1.82) is 0 Å². The molecule has 0 saturated heterocycles. The highest BCUT2D eigenvalue weighted by molar-refractivity contribution is 6.36. The summed E-state index contributed by atoms with van der Waals surface area (Å²) in [4.78, 5) is 14.5. The largest absolute Gasteiger partial charge is 0.383 e. The lowest BCUT2D eigenvalue weighted by Gasteiger charge is -2.23. The molecule has 0 bridgehead atoms. The molecule has 3 nitrogen and oxygen atoms in total. The average molecular weight is 349 g/mol. The van der Waals surface area contributed by atoms with Crippen molar-refractivity contribution in [1.82, 2.24) is 0 Å². The zero-order valence-electron chi connectivity index (χ0n) is 12.9. The summed E-state index contributed by atoms with van der Waals surface area (Å²) in [7, 11) is 0. The van der Waals surface area contributed by atoms with E-state index in [9.17, 15) is 4.79 Å². The molecule has 1 heterocycles. The van der Waals surface area contributed by atoms with E-state index in [0.29, 0.717) is 23.0 Å². The number of carbonyl (C=O) groups is 1. The molecule has 3 rings (SSSR count). The van der Waals surface area contributed by atoms with Gasteiger partial charge in [0.1, 0.15) is 0 Å². The summed E-state index contributed by atoms with van der Waals surface area (Å²) < 4.78 is 0. The van der Waals surface area contributed by atoms with Crippen LogP contribution in [0.4, 0.5) is 11.4 Å². The normalized spacial score (nSPS) is 16.3. The highest BCUT2D eigenvalue weighted by atomic mass is 35.5. The lowest BCUT2D eigenvalue weighted by Crippen LogP contribution is -2.36. The minimum atomic E-state index is 0.125. The molecule has 0 aliphatic carbocycles. The Bertz CT molecular complexity index is 733. The molecule has 1 unspecified atom stereocenters. The molecule has 0 saturated carbocycles. The lowest BCUT2D eigenvalue weighted by molar-refractivity contribution is -0.118. The predicted molar refractivity (Wildman–Crippen MR) is 96.7 cm³/mol. The fourth-order valence-corrected chi connectivity index (χ4v) is 3.48. The molecular formula is C18H18Cl2N2O. The molecule has 1 amide bonds. The van der Waals surface area contributed by atoms with Gasteiger partial charge in [-0.25, -0.2) is 0 Å². The number of nitrogens with one attached hydrogen (secondary N) is 1. The molecule has 23 heavy (non-hydrogen) atoms. The first-order valence-electron chi connectivity index (χ1n) is 7.65. The number of hydrogen-bond acceptors (Lipinski definition) is 2. The van der Waals surface area contributed by atoms with Gasteiger partial charge in [0.2, 0.25) is 5.91 Å². The molecule has 1 aliphatic rings. The third-order valence-corrected chi connectivity index (χ3v) is 4.61. The fourth-order valence-electron chi connectivity index (χ4n) is 3.00. The molecule has 0 spiro atoms. The van der Waals surface area contributed by atoms with Crippen LogP contribution in [-0.4, -0.2) is 18.5 Å². The van der Waals surface area contributed by atoms with Crippen molar-refractivity contribution in [2.75, 3.05) is 16.8 Å². The quantitative estimate of drug-likeness (QED) is 0.862. The number of halogens is 2. The number of amides is 1. The summed E-state index contributed by atoms with van der Waals surface area (Å²) >= 11 is 12.0. The minimum Gasteiger partial charge on any atom is -0.383 e. The van der Waals surface area contributed by atoms with Crippen LogP contribution in [0.5, 0.6) is 0 Å². The molecule has 1 atom stereocenters. The molecule has 120 valence electrons. The molecule has 0 radical (unpaired) electrons. The van der Waals surface area contributed by atoms with Crippen molar-refractivity contribution in [3.63, 3.8) is 0 Å². The van der Waals surface area contributed by atoms with E-state index in [4.69, 9.17) is 23.2 Å². The maximum absolute atomic E-state index is 12.6. The van der Waals surface area contributed by atoms with E-state index in [-0.39, 0.29) is 11.9 Å². The zero-order valence-corrected chi connectivity index (χ0v) is 14.4. The second-order valence-corrected chi connectivity index (χ2v) is 6.59. The smallest absolute Gasteiger partial charge is 0.229 e. The van der Waals surface area contributed by atoms with Crippen LogP contribution in [0.1, 0.15) is 18.9 Å². The second-order valence-electron chi connectivity index (χ2n) is 5.75. The van der Waals surface area contributed by atoms with Gasteiger partial charge in [0.05, 0.1) is 10.7 Å². The molecule has 1 N–H and O–H groups in total. The van der Waals surface area contributed by atoms with Crippen LogP contribution in [0.3, 0.4) is 0 Å². The van der Waals surface area contributed by atoms with Gasteiger partial charge in [-0.3, -0.25) is 4.79 Å². The Morgan fingerprint density at radius 3 is 2.83 bits per heavy atom. The molecule has 0 fully saturated rings. The average Bonchev–Trinajstić information content (AvgIpc) is 2.85. The topological polar surface area (TPSA) is 32.3 Å². The Labute approximate surface area is 146 Å². The number of para-hydroxylation sites is 1. The van der Waals surface area contributed by atoms with Gasteiger partial charge in [0, 0.05) is 29.7 Å². The Morgan fingerprint density at radius 2 is 2.04 bits per heavy atom. The summed E-state index contributed by atoms with van der Waals surface area (Å²) in [5.74, 6) is 0.125. The SMILES string of the molecule is CC1Cc2ccccc2N1C(=O)CCNc1ccc(Cl)cc1Cl. The first-order valence-corrected chi connectivity index (χ1v) is 8.41. The third kappa shape index (κ3) is 3.46. The van der Waals surface area contributed by atoms with Crippen molar-refractivity contribution in [2.24, 2.45) is 0 Å². The maximum Gasteiger partial charge on any atom is 0.229 e. The van der Waals surface area contributed by atoms with Gasteiger partial charge < -0.3 is 10.2 Å². The molecular weight excluding hydrogens is 331 g/mol. The monoisotopic (exact) mass is 348 g/mol.